The lowest BCUT2D eigenvalue weighted by atomic mass is 9.85. The molecule has 7 aromatic carbocycles. The van der Waals surface area contributed by atoms with E-state index >= 15 is 0 Å². The van der Waals surface area contributed by atoms with Gasteiger partial charge in [-0.1, -0.05) is 96.6 Å². The first-order valence-corrected chi connectivity index (χ1v) is 21.1. The third-order valence-corrected chi connectivity index (χ3v) is 10.8. The van der Waals surface area contributed by atoms with Gasteiger partial charge in [0.15, 0.2) is 46.0 Å². The van der Waals surface area contributed by atoms with Crippen LogP contribution in [0.15, 0.2) is 140 Å². The van der Waals surface area contributed by atoms with Crippen LogP contribution < -0.4 is 37.9 Å². The number of hydrogen-bond donors (Lipinski definition) is 0. The Balaban J connectivity index is 0.000000967. The van der Waals surface area contributed by atoms with Crippen LogP contribution in [0.5, 0.6) is 46.0 Å². The fourth-order valence-corrected chi connectivity index (χ4v) is 7.33. The molecule has 0 fully saturated rings. The Labute approximate surface area is 391 Å². The lowest BCUT2D eigenvalue weighted by Gasteiger charge is -2.23. The van der Waals surface area contributed by atoms with E-state index < -0.39 is 11.9 Å². The van der Waals surface area contributed by atoms with Crippen LogP contribution >= 0.6 is 0 Å². The molecule has 12 nitrogen and oxygen atoms in total. The minimum atomic E-state index is -0.619. The van der Waals surface area contributed by atoms with Gasteiger partial charge in [-0.05, 0) is 88.8 Å². The van der Waals surface area contributed by atoms with Crippen LogP contribution in [0, 0.1) is 6.92 Å². The highest BCUT2D eigenvalue weighted by atomic mass is 16.5. The fourth-order valence-electron chi connectivity index (χ4n) is 7.33. The molecule has 0 aliphatic carbocycles. The molecule has 7 aromatic rings. The summed E-state index contributed by atoms with van der Waals surface area (Å²) in [7, 11) is 12.1. The second kappa shape index (κ2) is 23.2. The largest absolute Gasteiger partial charge is 0.493 e. The van der Waals surface area contributed by atoms with Crippen molar-refractivity contribution in [2.75, 3.05) is 56.9 Å². The number of aryl methyl sites for hydroxylation is 1. The van der Waals surface area contributed by atoms with Gasteiger partial charge in [-0.25, -0.2) is 9.59 Å². The minimum Gasteiger partial charge on any atom is -0.493 e. The molecule has 0 heterocycles. The van der Waals surface area contributed by atoms with Crippen LogP contribution in [-0.4, -0.2) is 68.8 Å². The van der Waals surface area contributed by atoms with Crippen molar-refractivity contribution >= 4 is 11.9 Å². The Bertz CT molecular complexity index is 2600. The summed E-state index contributed by atoms with van der Waals surface area (Å²) in [5.41, 5.74) is 6.19. The van der Waals surface area contributed by atoms with E-state index in [1.165, 1.54) is 62.4 Å². The summed E-state index contributed by atoms with van der Waals surface area (Å²) in [5, 5.41) is 0. The van der Waals surface area contributed by atoms with E-state index in [0.29, 0.717) is 79.4 Å². The van der Waals surface area contributed by atoms with Gasteiger partial charge in [0, 0.05) is 11.1 Å². The second-order valence-electron chi connectivity index (χ2n) is 14.8. The van der Waals surface area contributed by atoms with E-state index in [-0.39, 0.29) is 24.3 Å². The summed E-state index contributed by atoms with van der Waals surface area (Å²) >= 11 is 0. The van der Waals surface area contributed by atoms with Gasteiger partial charge < -0.3 is 47.4 Å². The van der Waals surface area contributed by atoms with Gasteiger partial charge in [0.25, 0.3) is 0 Å². The fraction of sp³-hybridized carbons (Fsp3) is 0.200. The molecule has 346 valence electrons. The van der Waals surface area contributed by atoms with Crippen LogP contribution in [0.3, 0.4) is 0 Å². The zero-order valence-electron chi connectivity index (χ0n) is 39.1. The van der Waals surface area contributed by atoms with E-state index in [2.05, 4.69) is 19.1 Å². The lowest BCUT2D eigenvalue weighted by molar-refractivity contribution is 0.0464. The van der Waals surface area contributed by atoms with Crippen LogP contribution in [0.1, 0.15) is 37.4 Å². The van der Waals surface area contributed by atoms with E-state index in [0.717, 1.165) is 11.1 Å². The molecule has 0 aromatic heterocycles. The molecule has 67 heavy (non-hydrogen) atoms. The Morgan fingerprint density at radius 2 is 0.567 bits per heavy atom. The zero-order chi connectivity index (χ0) is 47.9. The van der Waals surface area contributed by atoms with Gasteiger partial charge in [-0.2, -0.15) is 0 Å². The topological polar surface area (TPSA) is 126 Å². The molecule has 0 aliphatic rings. The molecule has 0 spiro atoms. The molecule has 0 aliphatic heterocycles. The number of methoxy groups -OCH3 is 8. The number of carbonyl (C=O) groups excluding carboxylic acids is 2. The van der Waals surface area contributed by atoms with Gasteiger partial charge >= 0.3 is 11.9 Å². The quantitative estimate of drug-likeness (QED) is 0.0807. The maximum Gasteiger partial charge on any atom is 0.339 e. The molecule has 0 saturated heterocycles. The van der Waals surface area contributed by atoms with Gasteiger partial charge in [0.05, 0.1) is 68.0 Å². The van der Waals surface area contributed by atoms with E-state index in [1.54, 1.807) is 48.5 Å². The first-order chi connectivity index (χ1) is 32.6. The minimum absolute atomic E-state index is 0.0223. The highest BCUT2D eigenvalue weighted by molar-refractivity contribution is 6.06. The van der Waals surface area contributed by atoms with Crippen molar-refractivity contribution in [1.82, 2.24) is 0 Å². The first kappa shape index (κ1) is 48.3. The maximum atomic E-state index is 14.2. The van der Waals surface area contributed by atoms with Crippen molar-refractivity contribution < 1.29 is 57.0 Å². The van der Waals surface area contributed by atoms with Crippen molar-refractivity contribution in [3.63, 3.8) is 0 Å². The molecule has 0 bridgehead atoms. The molecule has 12 heteroatoms. The van der Waals surface area contributed by atoms with Crippen LogP contribution in [0.2, 0.25) is 0 Å². The lowest BCUT2D eigenvalue weighted by Crippen LogP contribution is -2.09. The van der Waals surface area contributed by atoms with Gasteiger partial charge in [-0.15, -0.1) is 0 Å². The monoisotopic (exact) mass is 906 g/mol. The van der Waals surface area contributed by atoms with Crippen molar-refractivity contribution in [1.29, 1.82) is 0 Å². The Morgan fingerprint density at radius 1 is 0.328 bits per heavy atom. The van der Waals surface area contributed by atoms with Crippen molar-refractivity contribution in [3.05, 3.63) is 167 Å². The third kappa shape index (κ3) is 11.4. The van der Waals surface area contributed by atoms with Crippen molar-refractivity contribution in [3.8, 4) is 79.4 Å². The second-order valence-corrected chi connectivity index (χ2v) is 14.8. The molecular formula is C55H54O12. The Hall–Kier alpha value is -8.12. The normalized spacial score (nSPS) is 10.4. The molecular weight excluding hydrogens is 853 g/mol. The Kier molecular flexibility index (Phi) is 16.7. The maximum absolute atomic E-state index is 14.2. The third-order valence-electron chi connectivity index (χ3n) is 10.8. The van der Waals surface area contributed by atoms with E-state index in [9.17, 15) is 9.59 Å². The van der Waals surface area contributed by atoms with Crippen LogP contribution in [-0.2, 0) is 22.7 Å². The number of rotatable bonds is 17. The predicted molar refractivity (Wildman–Crippen MR) is 257 cm³/mol. The Morgan fingerprint density at radius 3 is 0.821 bits per heavy atom. The molecule has 0 atom stereocenters. The average Bonchev–Trinajstić information content (AvgIpc) is 3.38. The number of hydrogen-bond acceptors (Lipinski definition) is 12. The molecule has 7 rings (SSSR count). The van der Waals surface area contributed by atoms with Crippen LogP contribution in [0.4, 0.5) is 0 Å². The first-order valence-electron chi connectivity index (χ1n) is 21.1. The molecule has 0 unspecified atom stereocenters. The van der Waals surface area contributed by atoms with Gasteiger partial charge in [0.1, 0.15) is 13.2 Å². The summed E-state index contributed by atoms with van der Waals surface area (Å²) in [4.78, 5) is 28.4. The van der Waals surface area contributed by atoms with Crippen molar-refractivity contribution in [2.45, 2.75) is 20.1 Å². The predicted octanol–water partition coefficient (Wildman–Crippen LogP) is 11.5. The summed E-state index contributed by atoms with van der Waals surface area (Å²) < 4.78 is 58.0. The van der Waals surface area contributed by atoms with Gasteiger partial charge in [-0.3, -0.25) is 0 Å². The molecule has 0 saturated carbocycles. The molecule has 0 amide bonds. The highest BCUT2D eigenvalue weighted by Gasteiger charge is 2.28. The van der Waals surface area contributed by atoms with E-state index in [4.69, 9.17) is 47.4 Å². The molecule has 0 radical (unpaired) electrons. The van der Waals surface area contributed by atoms with Crippen molar-refractivity contribution in [2.24, 2.45) is 0 Å². The summed E-state index contributed by atoms with van der Waals surface area (Å²) in [6.07, 6.45) is 0. The summed E-state index contributed by atoms with van der Waals surface area (Å²) in [5.74, 6) is 1.57. The number of esters is 2. The summed E-state index contributed by atoms with van der Waals surface area (Å²) in [6, 6.07) is 42.6. The molecule has 0 N–H and O–H groups in total. The average molecular weight is 907 g/mol. The zero-order valence-corrected chi connectivity index (χ0v) is 39.1. The number of benzene rings is 7. The number of ether oxygens (including phenoxy) is 10. The SMILES string of the molecule is COc1cc(C(=O)OCc2ccccc2)c(-c2cc(OC)c(OC)cc2-c2cc(OC)c(OC)cc2-c2cc(OC)c(OC)cc2C(=O)OCc2ccccc2)cc1OC.Cc1ccccc1. The van der Waals surface area contributed by atoms with Crippen LogP contribution in [0.25, 0.3) is 33.4 Å². The number of carbonyl (C=O) groups is 2. The highest BCUT2D eigenvalue weighted by Crippen LogP contribution is 2.50. The van der Waals surface area contributed by atoms with E-state index in [1.807, 2.05) is 78.9 Å². The summed E-state index contributed by atoms with van der Waals surface area (Å²) in [6.45, 7) is 2.13. The van der Waals surface area contributed by atoms with Gasteiger partial charge in [0.2, 0.25) is 0 Å². The standard InChI is InChI=1S/C48H46O12.C7H8/c1-51-39-19-31(33(21-41(39)53-3)35-23-43(55-5)45(57-7)25-37(35)47(49)59-27-29-15-11-9-12-16-29)32-20-40(52-2)42(54-4)22-34(32)36-24-44(56-6)46(58-8)26-38(36)48(50)60-28-30-17-13-10-14-18-30;1-7-5-3-2-4-6-7/h9-26H,27-28H2,1-8H3;2-6H,1H3. The smallest absolute Gasteiger partial charge is 0.339 e.